The fourth-order valence-electron chi connectivity index (χ4n) is 1.46. The molecule has 2 aromatic rings. The van der Waals surface area contributed by atoms with Crippen molar-refractivity contribution in [1.82, 2.24) is 0 Å². The van der Waals surface area contributed by atoms with Crippen LogP contribution in [-0.4, -0.2) is 5.11 Å². The fraction of sp³-hybridized carbons (Fsp3) is 0. The molecule has 0 aromatic heterocycles. The maximum absolute atomic E-state index is 13.8. The smallest absolute Gasteiger partial charge is 0.145 e. The summed E-state index contributed by atoms with van der Waals surface area (Å²) in [6.07, 6.45) is 0. The average Bonchev–Trinajstić information content (AvgIpc) is 2.28. The van der Waals surface area contributed by atoms with E-state index in [0.29, 0.717) is 0 Å². The third-order valence-corrected chi connectivity index (χ3v) is 3.18. The van der Waals surface area contributed by atoms with Gasteiger partial charge in [0.1, 0.15) is 17.4 Å². The number of halogens is 4. The average molecular weight is 320 g/mol. The third-order valence-electron chi connectivity index (χ3n) is 2.28. The maximum atomic E-state index is 13.8. The summed E-state index contributed by atoms with van der Waals surface area (Å²) >= 11 is 8.64. The van der Waals surface area contributed by atoms with Gasteiger partial charge in [-0.05, 0) is 28.1 Å². The van der Waals surface area contributed by atoms with Crippen LogP contribution >= 0.6 is 27.5 Å². The minimum Gasteiger partial charge on any atom is -0.507 e. The summed E-state index contributed by atoms with van der Waals surface area (Å²) in [5.74, 6) is -1.64. The van der Waals surface area contributed by atoms with Crippen molar-refractivity contribution >= 4 is 27.5 Å². The molecular formula is C12H6BrClF2O. The number of phenols is 1. The molecule has 17 heavy (non-hydrogen) atoms. The van der Waals surface area contributed by atoms with Crippen LogP contribution in [0.5, 0.6) is 5.75 Å². The van der Waals surface area contributed by atoms with Crippen LogP contribution in [-0.2, 0) is 0 Å². The second-order valence-corrected chi connectivity index (χ2v) is 4.65. The van der Waals surface area contributed by atoms with Crippen LogP contribution < -0.4 is 0 Å². The summed E-state index contributed by atoms with van der Waals surface area (Å²) in [5, 5.41) is 9.43. The van der Waals surface area contributed by atoms with Crippen molar-refractivity contribution in [2.75, 3.05) is 0 Å². The number of aromatic hydroxyl groups is 1. The molecule has 2 aromatic carbocycles. The SMILES string of the molecule is Oc1cc(F)c(Cl)cc1-c1cccc(Br)c1F. The first kappa shape index (κ1) is 12.3. The van der Waals surface area contributed by atoms with Gasteiger partial charge in [-0.25, -0.2) is 8.78 Å². The normalized spacial score (nSPS) is 10.6. The molecule has 0 saturated heterocycles. The van der Waals surface area contributed by atoms with E-state index in [4.69, 9.17) is 11.6 Å². The Hall–Kier alpha value is -1.13. The second kappa shape index (κ2) is 4.63. The van der Waals surface area contributed by atoms with Crippen molar-refractivity contribution < 1.29 is 13.9 Å². The van der Waals surface area contributed by atoms with Crippen molar-refractivity contribution in [3.05, 3.63) is 51.5 Å². The Bertz CT molecular complexity index is 587. The minimum absolute atomic E-state index is 0.148. The molecule has 0 unspecified atom stereocenters. The quantitative estimate of drug-likeness (QED) is 0.804. The zero-order valence-electron chi connectivity index (χ0n) is 8.35. The Kier molecular flexibility index (Phi) is 3.35. The molecule has 0 aliphatic carbocycles. The van der Waals surface area contributed by atoms with Crippen molar-refractivity contribution in [2.24, 2.45) is 0 Å². The lowest BCUT2D eigenvalue weighted by molar-refractivity contribution is 0.470. The molecule has 0 aliphatic rings. The Morgan fingerprint density at radius 2 is 1.82 bits per heavy atom. The maximum Gasteiger partial charge on any atom is 0.145 e. The first-order valence-electron chi connectivity index (χ1n) is 4.63. The third kappa shape index (κ3) is 2.28. The van der Waals surface area contributed by atoms with E-state index < -0.39 is 11.6 Å². The molecule has 1 nitrogen and oxygen atoms in total. The highest BCUT2D eigenvalue weighted by Gasteiger charge is 2.14. The van der Waals surface area contributed by atoms with Crippen molar-refractivity contribution in [1.29, 1.82) is 0 Å². The zero-order chi connectivity index (χ0) is 12.6. The molecule has 2 rings (SSSR count). The van der Waals surface area contributed by atoms with Crippen LogP contribution in [0.15, 0.2) is 34.8 Å². The van der Waals surface area contributed by atoms with Crippen molar-refractivity contribution in [3.63, 3.8) is 0 Å². The molecule has 0 bridgehead atoms. The van der Waals surface area contributed by atoms with Crippen LogP contribution in [0.25, 0.3) is 11.1 Å². The fourth-order valence-corrected chi connectivity index (χ4v) is 1.99. The van der Waals surface area contributed by atoms with Gasteiger partial charge < -0.3 is 5.11 Å². The van der Waals surface area contributed by atoms with E-state index in [1.807, 2.05) is 0 Å². The van der Waals surface area contributed by atoms with Gasteiger partial charge in [0.15, 0.2) is 0 Å². The predicted molar refractivity (Wildman–Crippen MR) is 66.2 cm³/mol. The van der Waals surface area contributed by atoms with Crippen molar-refractivity contribution in [3.8, 4) is 16.9 Å². The van der Waals surface area contributed by atoms with Crippen molar-refractivity contribution in [2.45, 2.75) is 0 Å². The largest absolute Gasteiger partial charge is 0.507 e. The molecule has 88 valence electrons. The lowest BCUT2D eigenvalue weighted by Gasteiger charge is -2.08. The zero-order valence-corrected chi connectivity index (χ0v) is 10.7. The molecule has 0 amide bonds. The molecular weight excluding hydrogens is 313 g/mol. The van der Waals surface area contributed by atoms with Gasteiger partial charge in [0.25, 0.3) is 0 Å². The summed E-state index contributed by atoms with van der Waals surface area (Å²) in [6, 6.07) is 6.67. The first-order valence-corrected chi connectivity index (χ1v) is 5.80. The van der Waals surface area contributed by atoms with Gasteiger partial charge in [-0.3, -0.25) is 0 Å². The molecule has 0 saturated carbocycles. The topological polar surface area (TPSA) is 20.2 Å². The van der Waals surface area contributed by atoms with E-state index in [-0.39, 0.29) is 26.4 Å². The van der Waals surface area contributed by atoms with E-state index in [9.17, 15) is 13.9 Å². The van der Waals surface area contributed by atoms with E-state index in [0.717, 1.165) is 6.07 Å². The van der Waals surface area contributed by atoms with Crippen LogP contribution in [0.4, 0.5) is 8.78 Å². The summed E-state index contributed by atoms with van der Waals surface area (Å²) in [5.41, 5.74) is 0.300. The summed E-state index contributed by atoms with van der Waals surface area (Å²) in [7, 11) is 0. The van der Waals surface area contributed by atoms with Gasteiger partial charge in [-0.2, -0.15) is 0 Å². The molecule has 0 fully saturated rings. The first-order chi connectivity index (χ1) is 8.00. The Labute approximate surface area is 110 Å². The number of hydrogen-bond donors (Lipinski definition) is 1. The number of rotatable bonds is 1. The van der Waals surface area contributed by atoms with Crippen LogP contribution in [0.2, 0.25) is 5.02 Å². The van der Waals surface area contributed by atoms with Gasteiger partial charge in [-0.15, -0.1) is 0 Å². The highest BCUT2D eigenvalue weighted by atomic mass is 79.9. The molecule has 0 heterocycles. The van der Waals surface area contributed by atoms with E-state index >= 15 is 0 Å². The van der Waals surface area contributed by atoms with E-state index in [2.05, 4.69) is 15.9 Å². The predicted octanol–water partition coefficient (Wildman–Crippen LogP) is 4.75. The molecule has 1 N–H and O–H groups in total. The molecule has 0 atom stereocenters. The monoisotopic (exact) mass is 318 g/mol. The van der Waals surface area contributed by atoms with Gasteiger partial charge in [0.2, 0.25) is 0 Å². The number of hydrogen-bond acceptors (Lipinski definition) is 1. The number of benzene rings is 2. The molecule has 0 spiro atoms. The Morgan fingerprint density at radius 3 is 2.53 bits per heavy atom. The highest BCUT2D eigenvalue weighted by Crippen LogP contribution is 2.36. The lowest BCUT2D eigenvalue weighted by atomic mass is 10.0. The Morgan fingerprint density at radius 1 is 1.12 bits per heavy atom. The van der Waals surface area contributed by atoms with E-state index in [1.54, 1.807) is 6.07 Å². The molecule has 5 heteroatoms. The second-order valence-electron chi connectivity index (χ2n) is 3.38. The van der Waals surface area contributed by atoms with Crippen LogP contribution in [0.1, 0.15) is 0 Å². The highest BCUT2D eigenvalue weighted by molar-refractivity contribution is 9.10. The standard InChI is InChI=1S/C12H6BrClF2O/c13-8-3-1-2-6(12(8)16)7-4-9(14)10(15)5-11(7)17/h1-5,17H. The van der Waals surface area contributed by atoms with Gasteiger partial charge in [0.05, 0.1) is 9.50 Å². The van der Waals surface area contributed by atoms with Crippen LogP contribution in [0, 0.1) is 11.6 Å². The minimum atomic E-state index is -0.747. The lowest BCUT2D eigenvalue weighted by Crippen LogP contribution is -1.88. The number of phenolic OH excluding ortho intramolecular Hbond substituents is 1. The summed E-state index contributed by atoms with van der Waals surface area (Å²) in [6.45, 7) is 0. The van der Waals surface area contributed by atoms with Gasteiger partial charge in [0, 0.05) is 17.2 Å². The van der Waals surface area contributed by atoms with E-state index in [1.165, 1.54) is 18.2 Å². The van der Waals surface area contributed by atoms with Gasteiger partial charge >= 0.3 is 0 Å². The molecule has 0 aliphatic heterocycles. The molecule has 0 radical (unpaired) electrons. The van der Waals surface area contributed by atoms with Crippen LogP contribution in [0.3, 0.4) is 0 Å². The van der Waals surface area contributed by atoms with Gasteiger partial charge in [-0.1, -0.05) is 23.7 Å². The summed E-state index contributed by atoms with van der Waals surface area (Å²) in [4.78, 5) is 0. The summed E-state index contributed by atoms with van der Waals surface area (Å²) < 4.78 is 27.1. The Balaban J connectivity index is 2.69.